The smallest absolute Gasteiger partial charge is 0.352 e. The molecular weight excluding hydrogens is 387 g/mol. The van der Waals surface area contributed by atoms with E-state index in [2.05, 4.69) is 11.8 Å². The lowest BCUT2D eigenvalue weighted by Crippen LogP contribution is -2.21. The number of benzene rings is 2. The summed E-state index contributed by atoms with van der Waals surface area (Å²) in [5.74, 6) is 5.21. The number of hydrogen-bond acceptors (Lipinski definition) is 4. The van der Waals surface area contributed by atoms with E-state index in [1.807, 2.05) is 0 Å². The molecule has 27 heavy (non-hydrogen) atoms. The molecule has 0 N–H and O–H groups in total. The lowest BCUT2D eigenvalue weighted by Gasteiger charge is -2.17. The van der Waals surface area contributed by atoms with Gasteiger partial charge in [0.1, 0.15) is 0 Å². The first-order valence-corrected chi connectivity index (χ1v) is 9.16. The van der Waals surface area contributed by atoms with E-state index in [1.165, 1.54) is 7.11 Å². The lowest BCUT2D eigenvalue weighted by atomic mass is 10.1. The number of methoxy groups -OCH3 is 1. The second kappa shape index (κ2) is 10.6. The van der Waals surface area contributed by atoms with Crippen molar-refractivity contribution in [2.24, 2.45) is 0 Å². The molecule has 0 saturated carbocycles. The zero-order valence-corrected chi connectivity index (χ0v) is 16.2. The van der Waals surface area contributed by atoms with Crippen LogP contribution in [0.25, 0.3) is 0 Å². The first kappa shape index (κ1) is 20.8. The number of carbonyl (C=O) groups excluding carboxylic acids is 2. The molecule has 0 bridgehead atoms. The van der Waals surface area contributed by atoms with Gasteiger partial charge in [-0.3, -0.25) is 0 Å². The first-order valence-electron chi connectivity index (χ1n) is 8.25. The minimum Gasteiger partial charge on any atom is -0.466 e. The summed E-state index contributed by atoms with van der Waals surface area (Å²) in [4.78, 5) is 24.5. The Morgan fingerprint density at radius 3 is 2.44 bits per heavy atom. The third-order valence-corrected chi connectivity index (χ3v) is 4.23. The fourth-order valence-corrected chi connectivity index (χ4v) is 2.59. The van der Waals surface area contributed by atoms with Crippen LogP contribution in [-0.4, -0.2) is 24.9 Å². The zero-order chi connectivity index (χ0) is 19.6. The van der Waals surface area contributed by atoms with E-state index in [1.54, 1.807) is 48.5 Å². The number of hydrogen-bond donors (Lipinski definition) is 0. The van der Waals surface area contributed by atoms with Crippen molar-refractivity contribution >= 4 is 35.1 Å². The van der Waals surface area contributed by atoms with Crippen molar-refractivity contribution < 1.29 is 19.1 Å². The van der Waals surface area contributed by atoms with E-state index in [4.69, 9.17) is 32.7 Å². The minimum absolute atomic E-state index is 0.294. The maximum Gasteiger partial charge on any atom is 0.352 e. The summed E-state index contributed by atoms with van der Waals surface area (Å²) in [6.07, 6.45) is 0.299. The molecule has 1 unspecified atom stereocenters. The normalized spacial score (nSPS) is 11.1. The van der Waals surface area contributed by atoms with Gasteiger partial charge in [0.15, 0.2) is 0 Å². The molecule has 2 rings (SSSR count). The number of esters is 2. The van der Waals surface area contributed by atoms with Crippen LogP contribution in [0.15, 0.2) is 48.5 Å². The van der Waals surface area contributed by atoms with Gasteiger partial charge in [-0.1, -0.05) is 41.6 Å². The quantitative estimate of drug-likeness (QED) is 0.300. The summed E-state index contributed by atoms with van der Waals surface area (Å²) >= 11 is 11.7. The molecule has 0 saturated heterocycles. The van der Waals surface area contributed by atoms with Gasteiger partial charge < -0.3 is 9.47 Å². The zero-order valence-electron chi connectivity index (χ0n) is 14.7. The molecule has 0 radical (unpaired) electrons. The Balaban J connectivity index is 2.14. The molecule has 140 valence electrons. The highest BCUT2D eigenvalue weighted by Gasteiger charge is 2.28. The second-order valence-corrected chi connectivity index (χ2v) is 6.29. The van der Waals surface area contributed by atoms with Crippen molar-refractivity contribution in [1.29, 1.82) is 0 Å². The molecule has 0 aliphatic carbocycles. The average molecular weight is 405 g/mol. The van der Waals surface area contributed by atoms with Crippen molar-refractivity contribution in [3.63, 3.8) is 0 Å². The van der Waals surface area contributed by atoms with Crippen LogP contribution in [0.2, 0.25) is 5.02 Å². The van der Waals surface area contributed by atoms with Gasteiger partial charge in [-0.15, -0.1) is 11.6 Å². The fraction of sp³-hybridized carbons (Fsp3) is 0.238. The second-order valence-electron chi connectivity index (χ2n) is 5.50. The van der Waals surface area contributed by atoms with Crippen molar-refractivity contribution in [2.45, 2.75) is 18.9 Å². The van der Waals surface area contributed by atoms with E-state index in [0.29, 0.717) is 28.5 Å². The largest absolute Gasteiger partial charge is 0.466 e. The Morgan fingerprint density at radius 1 is 1.11 bits per heavy atom. The molecule has 0 aliphatic heterocycles. The highest BCUT2D eigenvalue weighted by atomic mass is 35.5. The van der Waals surface area contributed by atoms with Crippen molar-refractivity contribution in [3.05, 3.63) is 70.2 Å². The van der Waals surface area contributed by atoms with Gasteiger partial charge >= 0.3 is 11.9 Å². The molecule has 0 aliphatic rings. The molecule has 0 heterocycles. The molecule has 2 aromatic rings. The van der Waals surface area contributed by atoms with E-state index in [-0.39, 0.29) is 0 Å². The molecule has 0 spiro atoms. The Kier molecular flexibility index (Phi) is 8.19. The topological polar surface area (TPSA) is 52.6 Å². The van der Waals surface area contributed by atoms with Gasteiger partial charge in [0.05, 0.1) is 12.7 Å². The number of halogens is 2. The van der Waals surface area contributed by atoms with Crippen molar-refractivity contribution in [2.75, 3.05) is 13.0 Å². The number of unbranched alkanes of at least 4 members (excludes halogenated alkanes) is 1. The van der Waals surface area contributed by atoms with Crippen LogP contribution in [0.1, 0.15) is 40.4 Å². The molecular formula is C21H18Cl2O4. The van der Waals surface area contributed by atoms with E-state index >= 15 is 0 Å². The maximum atomic E-state index is 12.4. The van der Waals surface area contributed by atoms with Crippen molar-refractivity contribution in [3.8, 4) is 11.8 Å². The molecule has 0 amide bonds. The van der Waals surface area contributed by atoms with E-state index in [9.17, 15) is 9.59 Å². The van der Waals surface area contributed by atoms with E-state index in [0.717, 1.165) is 12.0 Å². The predicted molar refractivity (Wildman–Crippen MR) is 105 cm³/mol. The fourth-order valence-electron chi connectivity index (χ4n) is 2.22. The van der Waals surface area contributed by atoms with Gasteiger partial charge in [0.2, 0.25) is 6.10 Å². The molecule has 0 fully saturated rings. The summed E-state index contributed by atoms with van der Waals surface area (Å²) in [5, 5.41) is 0.309. The summed E-state index contributed by atoms with van der Waals surface area (Å²) < 4.78 is 10.1. The number of ether oxygens (including phenoxy) is 2. The SMILES string of the molecule is COC(=O)C(OC(=O)c1ccc(C#CCCCCl)cc1)c1ccccc1Cl. The van der Waals surface area contributed by atoms with Crippen LogP contribution in [0.3, 0.4) is 0 Å². The Labute approximate surface area is 168 Å². The molecule has 4 nitrogen and oxygen atoms in total. The van der Waals surface area contributed by atoms with Gasteiger partial charge in [-0.2, -0.15) is 0 Å². The highest BCUT2D eigenvalue weighted by molar-refractivity contribution is 6.31. The van der Waals surface area contributed by atoms with Crippen LogP contribution >= 0.6 is 23.2 Å². The van der Waals surface area contributed by atoms with Gasteiger partial charge in [0, 0.05) is 28.5 Å². The van der Waals surface area contributed by atoms with Crippen molar-refractivity contribution in [1.82, 2.24) is 0 Å². The molecule has 2 aromatic carbocycles. The average Bonchev–Trinajstić information content (AvgIpc) is 2.70. The van der Waals surface area contributed by atoms with Crippen LogP contribution in [-0.2, 0) is 14.3 Å². The third-order valence-electron chi connectivity index (χ3n) is 3.62. The maximum absolute atomic E-state index is 12.4. The summed E-state index contributed by atoms with van der Waals surface area (Å²) in [6.45, 7) is 0. The summed E-state index contributed by atoms with van der Waals surface area (Å²) in [5.41, 5.74) is 1.43. The Morgan fingerprint density at radius 2 is 1.81 bits per heavy atom. The third kappa shape index (κ3) is 6.02. The minimum atomic E-state index is -1.24. The van der Waals surface area contributed by atoms with Gasteiger partial charge in [0.25, 0.3) is 0 Å². The molecule has 6 heteroatoms. The highest BCUT2D eigenvalue weighted by Crippen LogP contribution is 2.27. The number of alkyl halides is 1. The Hall–Kier alpha value is -2.48. The van der Waals surface area contributed by atoms with E-state index < -0.39 is 18.0 Å². The first-order chi connectivity index (χ1) is 13.1. The Bertz CT molecular complexity index is 850. The number of rotatable bonds is 6. The molecule has 1 atom stereocenters. The predicted octanol–water partition coefficient (Wildman–Crippen LogP) is 4.78. The summed E-state index contributed by atoms with van der Waals surface area (Å²) in [7, 11) is 1.22. The number of carbonyl (C=O) groups is 2. The summed E-state index contributed by atoms with van der Waals surface area (Å²) in [6, 6.07) is 13.2. The standard InChI is InChI=1S/C21H18Cl2O4/c1-26-21(25)19(17-8-4-5-9-18(17)23)27-20(24)16-12-10-15(11-13-16)7-3-2-6-14-22/h4-5,8-13,19H,2,6,14H2,1H3. The molecule has 0 aromatic heterocycles. The lowest BCUT2D eigenvalue weighted by molar-refractivity contribution is -0.151. The van der Waals surface area contributed by atoms with Gasteiger partial charge in [-0.25, -0.2) is 9.59 Å². The van der Waals surface area contributed by atoms with Crippen LogP contribution < -0.4 is 0 Å². The monoisotopic (exact) mass is 404 g/mol. The van der Waals surface area contributed by atoms with Crippen LogP contribution in [0, 0.1) is 11.8 Å². The van der Waals surface area contributed by atoms with Gasteiger partial charge in [-0.05, 0) is 36.8 Å². The van der Waals surface area contributed by atoms with Crippen LogP contribution in [0.5, 0.6) is 0 Å². The van der Waals surface area contributed by atoms with Crippen LogP contribution in [0.4, 0.5) is 0 Å².